The van der Waals surface area contributed by atoms with Crippen LogP contribution in [0.1, 0.15) is 71.5 Å². The summed E-state index contributed by atoms with van der Waals surface area (Å²) in [4.78, 5) is 79.0. The molecule has 7 aromatic rings. The Balaban J connectivity index is 1.23. The van der Waals surface area contributed by atoms with Crippen LogP contribution in [0.15, 0.2) is 158 Å². The number of rotatable bonds is 11. The molecule has 73 heavy (non-hydrogen) atoms. The van der Waals surface area contributed by atoms with E-state index in [1.807, 2.05) is 89.8 Å². The van der Waals surface area contributed by atoms with Crippen LogP contribution in [-0.4, -0.2) is 85.6 Å². The number of esters is 2. The van der Waals surface area contributed by atoms with E-state index in [1.54, 1.807) is 79.2 Å². The smallest absolute Gasteiger partial charge is 0.329 e. The highest BCUT2D eigenvalue weighted by Crippen LogP contribution is 2.66. The molecule has 0 bridgehead atoms. The molecule has 4 amide bonds. The standard InChI is InChI=1S/C57H51N7O9/c1-34(2)47(53(68)72-3)59-56(71)63-43-30-25-35(16-15-31-62-44-24-14-13-23-42(44)60-61-62)32-41(43)57(55(63)70)46(52(67)58-33-45(66)36-17-7-4-8-18-36)49-54(69)73-50(38-21-11-6-12-22-38)48(37-19-9-5-10-20-37)64(49)51(57)39-26-28-40(65)29-27-39/h4-14,17-30,32,34,45-51,65-66H,31,33H2,1-3H3,(H,58,67)(H,59,71). The molecule has 4 N–H and O–H groups in total. The van der Waals surface area contributed by atoms with Crippen molar-refractivity contribution in [2.75, 3.05) is 18.6 Å². The number of aromatic nitrogens is 3. The van der Waals surface area contributed by atoms with Gasteiger partial charge in [0.15, 0.2) is 0 Å². The fourth-order valence-corrected chi connectivity index (χ4v) is 10.8. The van der Waals surface area contributed by atoms with E-state index in [1.165, 1.54) is 19.2 Å². The zero-order chi connectivity index (χ0) is 51.0. The first-order chi connectivity index (χ1) is 35.4. The number of nitrogens with one attached hydrogen (secondary N) is 2. The Hall–Kier alpha value is -8.65. The summed E-state index contributed by atoms with van der Waals surface area (Å²) in [5.41, 5.74) is 2.15. The number of phenols is 1. The number of para-hydroxylation sites is 1. The third-order valence-electron chi connectivity index (χ3n) is 14.1. The zero-order valence-corrected chi connectivity index (χ0v) is 40.0. The summed E-state index contributed by atoms with van der Waals surface area (Å²) in [6.07, 6.45) is -2.19. The summed E-state index contributed by atoms with van der Waals surface area (Å²) < 4.78 is 13.3. The van der Waals surface area contributed by atoms with Gasteiger partial charge in [-0.1, -0.05) is 146 Å². The molecule has 0 saturated carbocycles. The number of hydrogen-bond acceptors (Lipinski definition) is 12. The molecule has 0 aliphatic carbocycles. The second-order valence-corrected chi connectivity index (χ2v) is 18.6. The average Bonchev–Trinajstić information content (AvgIpc) is 4.06. The van der Waals surface area contributed by atoms with E-state index in [9.17, 15) is 15.0 Å². The van der Waals surface area contributed by atoms with E-state index in [-0.39, 0.29) is 30.1 Å². The van der Waals surface area contributed by atoms with Gasteiger partial charge in [0.05, 0.1) is 42.4 Å². The van der Waals surface area contributed by atoms with Crippen LogP contribution in [0.3, 0.4) is 0 Å². The van der Waals surface area contributed by atoms with Crippen LogP contribution in [-0.2, 0) is 40.6 Å². The van der Waals surface area contributed by atoms with Gasteiger partial charge < -0.3 is 30.3 Å². The molecule has 0 radical (unpaired) electrons. The number of imide groups is 1. The zero-order valence-electron chi connectivity index (χ0n) is 40.0. The van der Waals surface area contributed by atoms with Crippen molar-refractivity contribution in [1.29, 1.82) is 0 Å². The highest BCUT2D eigenvalue weighted by molar-refractivity contribution is 6.25. The van der Waals surface area contributed by atoms with Crippen molar-refractivity contribution in [2.24, 2.45) is 11.8 Å². The number of aromatic hydroxyl groups is 1. The fourth-order valence-electron chi connectivity index (χ4n) is 10.8. The third-order valence-corrected chi connectivity index (χ3v) is 14.1. The van der Waals surface area contributed by atoms with E-state index in [0.29, 0.717) is 33.3 Å². The second kappa shape index (κ2) is 19.9. The normalized spacial score (nSPS) is 21.9. The van der Waals surface area contributed by atoms with Gasteiger partial charge in [0.1, 0.15) is 41.4 Å². The minimum Gasteiger partial charge on any atom is -0.508 e. The van der Waals surface area contributed by atoms with Crippen LogP contribution in [0.5, 0.6) is 5.75 Å². The Morgan fingerprint density at radius 1 is 0.808 bits per heavy atom. The molecule has 6 aromatic carbocycles. The van der Waals surface area contributed by atoms with Gasteiger partial charge >= 0.3 is 18.0 Å². The first-order valence-electron chi connectivity index (χ1n) is 23.9. The van der Waals surface area contributed by atoms with E-state index in [4.69, 9.17) is 9.47 Å². The predicted octanol–water partition coefficient (Wildman–Crippen LogP) is 6.61. The SMILES string of the molecule is COC(=O)C(NC(=O)N1C(=O)C2(c3cc(C#CCn4nnc5ccccc54)ccc31)C(C(=O)NCC(O)c1ccccc1)C1C(=O)OC(c3ccccc3)C(c3ccccc3)N1C2c1ccc(O)cc1)C(C)C. The highest BCUT2D eigenvalue weighted by atomic mass is 16.6. The molecular weight excluding hydrogens is 927 g/mol. The van der Waals surface area contributed by atoms with Gasteiger partial charge in [-0.3, -0.25) is 19.3 Å². The molecule has 3 aliphatic heterocycles. The van der Waals surface area contributed by atoms with Crippen molar-refractivity contribution in [3.05, 3.63) is 191 Å². The summed E-state index contributed by atoms with van der Waals surface area (Å²) in [6, 6.07) is 39.9. The molecule has 3 aliphatic rings. The number of amides is 4. The monoisotopic (exact) mass is 977 g/mol. The summed E-state index contributed by atoms with van der Waals surface area (Å²) in [5, 5.41) is 36.5. The number of benzene rings is 6. The van der Waals surface area contributed by atoms with Gasteiger partial charge in [0.25, 0.3) is 0 Å². The van der Waals surface area contributed by atoms with E-state index >= 15 is 19.2 Å². The first kappa shape index (κ1) is 48.0. The number of anilines is 1. The number of carbonyl (C=O) groups is 5. The number of hydrogen-bond donors (Lipinski definition) is 4. The summed E-state index contributed by atoms with van der Waals surface area (Å²) in [5.74, 6) is 0.882. The number of ether oxygens (including phenoxy) is 2. The number of methoxy groups -OCH3 is 1. The fraction of sp³-hybridized carbons (Fsp3) is 0.246. The number of cyclic esters (lactones) is 1. The lowest BCUT2D eigenvalue weighted by molar-refractivity contribution is -0.178. The topological polar surface area (TPSA) is 206 Å². The highest BCUT2D eigenvalue weighted by Gasteiger charge is 2.75. The number of carbonyl (C=O) groups excluding carboxylic acids is 5. The van der Waals surface area contributed by atoms with Crippen LogP contribution >= 0.6 is 0 Å². The molecule has 2 saturated heterocycles. The van der Waals surface area contributed by atoms with Crippen molar-refractivity contribution in [2.45, 2.75) is 62.2 Å². The maximum Gasteiger partial charge on any atom is 0.329 e. The average molecular weight is 978 g/mol. The van der Waals surface area contributed by atoms with Crippen molar-refractivity contribution in [3.8, 4) is 17.6 Å². The first-order valence-corrected chi connectivity index (χ1v) is 23.9. The Morgan fingerprint density at radius 3 is 2.15 bits per heavy atom. The Labute approximate surface area is 420 Å². The van der Waals surface area contributed by atoms with Gasteiger partial charge in [-0.2, -0.15) is 0 Å². The van der Waals surface area contributed by atoms with Crippen LogP contribution in [0, 0.1) is 23.7 Å². The molecule has 1 aromatic heterocycles. The van der Waals surface area contributed by atoms with E-state index in [2.05, 4.69) is 32.8 Å². The Kier molecular flexibility index (Phi) is 13.1. The number of urea groups is 1. The van der Waals surface area contributed by atoms with Gasteiger partial charge in [-0.15, -0.1) is 5.10 Å². The van der Waals surface area contributed by atoms with E-state index < -0.39 is 83.4 Å². The molecule has 8 unspecified atom stereocenters. The van der Waals surface area contributed by atoms with Gasteiger partial charge in [0, 0.05) is 12.1 Å². The quantitative estimate of drug-likeness (QED) is 0.0799. The summed E-state index contributed by atoms with van der Waals surface area (Å²) >= 11 is 0. The number of aliphatic hydroxyl groups is 1. The molecule has 8 atom stereocenters. The molecule has 4 heterocycles. The minimum absolute atomic E-state index is 0.0673. The number of nitrogens with zero attached hydrogens (tertiary/aromatic N) is 5. The summed E-state index contributed by atoms with van der Waals surface area (Å²) in [6.45, 7) is 3.24. The van der Waals surface area contributed by atoms with Crippen molar-refractivity contribution < 1.29 is 43.7 Å². The Bertz CT molecular complexity index is 3290. The lowest BCUT2D eigenvalue weighted by atomic mass is 9.65. The van der Waals surface area contributed by atoms with Gasteiger partial charge in [0.2, 0.25) is 11.8 Å². The van der Waals surface area contributed by atoms with Gasteiger partial charge in [-0.25, -0.2) is 19.2 Å². The number of morpholine rings is 1. The van der Waals surface area contributed by atoms with E-state index in [0.717, 1.165) is 10.4 Å². The predicted molar refractivity (Wildman–Crippen MR) is 268 cm³/mol. The number of phenolic OH excluding ortho intramolecular Hbond substituents is 1. The third kappa shape index (κ3) is 8.51. The molecule has 16 heteroatoms. The van der Waals surface area contributed by atoms with Crippen molar-refractivity contribution in [1.82, 2.24) is 30.5 Å². The van der Waals surface area contributed by atoms with Crippen LogP contribution < -0.4 is 15.5 Å². The Morgan fingerprint density at radius 2 is 1.47 bits per heavy atom. The molecular formula is C57H51N7O9. The van der Waals surface area contributed by atoms with Crippen molar-refractivity contribution >= 4 is 46.5 Å². The maximum absolute atomic E-state index is 16.6. The largest absolute Gasteiger partial charge is 0.508 e. The molecule has 1 spiro atoms. The van der Waals surface area contributed by atoms with Crippen LogP contribution in [0.4, 0.5) is 10.5 Å². The number of fused-ring (bicyclic) bond motifs is 4. The molecule has 16 nitrogen and oxygen atoms in total. The van der Waals surface area contributed by atoms with Crippen molar-refractivity contribution in [3.63, 3.8) is 0 Å². The molecule has 2 fully saturated rings. The lowest BCUT2D eigenvalue weighted by Crippen LogP contribution is -2.58. The molecule has 10 rings (SSSR count). The minimum atomic E-state index is -2.19. The van der Waals surface area contributed by atoms with Gasteiger partial charge in [-0.05, 0) is 76.2 Å². The molecule has 368 valence electrons. The maximum atomic E-state index is 16.6. The van der Waals surface area contributed by atoms with Crippen LogP contribution in [0.25, 0.3) is 11.0 Å². The van der Waals surface area contributed by atoms with Crippen LogP contribution in [0.2, 0.25) is 0 Å². The summed E-state index contributed by atoms with van der Waals surface area (Å²) in [7, 11) is 1.20. The lowest BCUT2D eigenvalue weighted by Gasteiger charge is -2.46. The second-order valence-electron chi connectivity index (χ2n) is 18.6. The number of aliphatic hydroxyl groups excluding tert-OH is 1.